The van der Waals surface area contributed by atoms with E-state index in [1.807, 2.05) is 83.3 Å². The fourth-order valence-corrected chi connectivity index (χ4v) is 9.32. The standard InChI is InChI=1S/C49H76N2O10/c1-14-39-49(12,56)44-32(4)40(50-35(7)52)30(2)28-48(11,58-29-37(23-26-57-44)22-18-21-36-19-16-15-17-20-36)43(33(5)41(53)34(6)45(55)60-39)61-46-42(54)38(27-31(3)59-46)51(13)25-24-47(8,9)10/h15-22,30-34,38-39,42-44,46,54,56H,14,23-29H2,1-13H3/b21-18+,37-22+,50-40?/t30-,31-,32+,33+,34-,38+,39-,42-,43-,44-,46+,48-,49-/m1/s1. The molecule has 1 aromatic carbocycles. The van der Waals surface area contributed by atoms with Gasteiger partial charge < -0.3 is 38.8 Å². The second-order valence-electron chi connectivity index (χ2n) is 19.6. The fourth-order valence-electron chi connectivity index (χ4n) is 9.32. The summed E-state index contributed by atoms with van der Waals surface area (Å²) in [4.78, 5) is 48.3. The lowest BCUT2D eigenvalue weighted by molar-refractivity contribution is -0.297. The van der Waals surface area contributed by atoms with Crippen molar-refractivity contribution in [1.82, 2.24) is 4.90 Å². The van der Waals surface area contributed by atoms with Crippen molar-refractivity contribution >= 4 is 29.4 Å². The summed E-state index contributed by atoms with van der Waals surface area (Å²) in [6.07, 6.45) is 2.67. The Balaban J connectivity index is 1.93. The molecule has 3 saturated heterocycles. The van der Waals surface area contributed by atoms with Gasteiger partial charge in [-0.15, -0.1) is 0 Å². The Hall–Kier alpha value is -3.10. The van der Waals surface area contributed by atoms with E-state index in [-0.39, 0.29) is 43.6 Å². The summed E-state index contributed by atoms with van der Waals surface area (Å²) >= 11 is 0. The van der Waals surface area contributed by atoms with Crippen molar-refractivity contribution in [3.8, 4) is 0 Å². The number of aliphatic hydroxyl groups excluding tert-OH is 1. The van der Waals surface area contributed by atoms with Gasteiger partial charge >= 0.3 is 5.97 Å². The zero-order valence-electron chi connectivity index (χ0n) is 39.2. The molecule has 3 aliphatic heterocycles. The Labute approximate surface area is 365 Å². The van der Waals surface area contributed by atoms with Gasteiger partial charge in [-0.25, -0.2) is 4.99 Å². The van der Waals surface area contributed by atoms with Crippen LogP contribution >= 0.6 is 0 Å². The largest absolute Gasteiger partial charge is 0.459 e. The molecule has 12 heteroatoms. The zero-order chi connectivity index (χ0) is 45.4. The monoisotopic (exact) mass is 853 g/mol. The van der Waals surface area contributed by atoms with Gasteiger partial charge in [-0.05, 0) is 95.9 Å². The summed E-state index contributed by atoms with van der Waals surface area (Å²) in [6.45, 7) is 23.2. The van der Waals surface area contributed by atoms with Crippen LogP contribution in [-0.4, -0.2) is 119 Å². The Morgan fingerprint density at radius 3 is 2.36 bits per heavy atom. The molecule has 61 heavy (non-hydrogen) atoms. The highest BCUT2D eigenvalue weighted by molar-refractivity contribution is 6.00. The number of rotatable bonds is 8. The van der Waals surface area contributed by atoms with Gasteiger partial charge in [0.2, 0.25) is 5.91 Å². The van der Waals surface area contributed by atoms with Crippen molar-refractivity contribution in [1.29, 1.82) is 0 Å². The number of benzene rings is 1. The molecule has 4 rings (SSSR count). The average molecular weight is 853 g/mol. The number of cyclic esters (lactones) is 1. The van der Waals surface area contributed by atoms with E-state index in [1.54, 1.807) is 20.8 Å². The van der Waals surface area contributed by atoms with Gasteiger partial charge in [-0.2, -0.15) is 0 Å². The Bertz CT molecular complexity index is 1720. The van der Waals surface area contributed by atoms with Crippen LogP contribution < -0.4 is 0 Å². The number of amides is 1. The number of allylic oxidation sites excluding steroid dienone is 2. The molecule has 1 amide bonds. The number of ether oxygens (including phenoxy) is 5. The van der Waals surface area contributed by atoms with Gasteiger partial charge in [0.05, 0.1) is 37.1 Å². The normalized spacial score (nSPS) is 37.9. The van der Waals surface area contributed by atoms with E-state index in [0.29, 0.717) is 18.6 Å². The van der Waals surface area contributed by atoms with Crippen LogP contribution in [-0.2, 0) is 38.1 Å². The lowest BCUT2D eigenvalue weighted by atomic mass is 9.73. The Morgan fingerprint density at radius 2 is 1.74 bits per heavy atom. The van der Waals surface area contributed by atoms with E-state index >= 15 is 0 Å². The molecule has 3 heterocycles. The summed E-state index contributed by atoms with van der Waals surface area (Å²) in [5.74, 6) is -4.98. The molecule has 0 spiro atoms. The number of esters is 1. The minimum Gasteiger partial charge on any atom is -0.459 e. The summed E-state index contributed by atoms with van der Waals surface area (Å²) in [7, 11) is 2.00. The number of carbonyl (C=O) groups is 3. The van der Waals surface area contributed by atoms with Crippen molar-refractivity contribution in [2.75, 3.05) is 26.8 Å². The van der Waals surface area contributed by atoms with E-state index in [9.17, 15) is 24.6 Å². The molecule has 2 bridgehead atoms. The van der Waals surface area contributed by atoms with Crippen LogP contribution in [0, 0.1) is 29.1 Å². The molecular weight excluding hydrogens is 777 g/mol. The lowest BCUT2D eigenvalue weighted by Gasteiger charge is -2.48. The molecule has 3 fully saturated rings. The fraction of sp³-hybridized carbons (Fsp3) is 0.714. The van der Waals surface area contributed by atoms with Crippen molar-refractivity contribution in [3.63, 3.8) is 0 Å². The first kappa shape index (κ1) is 50.5. The maximum Gasteiger partial charge on any atom is 0.316 e. The van der Waals surface area contributed by atoms with Crippen LogP contribution in [0.25, 0.3) is 6.08 Å². The topological polar surface area (TPSA) is 153 Å². The van der Waals surface area contributed by atoms with Crippen LogP contribution in [0.4, 0.5) is 0 Å². The summed E-state index contributed by atoms with van der Waals surface area (Å²) in [5, 5.41) is 24.5. The second kappa shape index (κ2) is 21.5. The van der Waals surface area contributed by atoms with E-state index in [2.05, 4.69) is 30.7 Å². The molecule has 0 aliphatic carbocycles. The van der Waals surface area contributed by atoms with Crippen LogP contribution in [0.3, 0.4) is 0 Å². The third kappa shape index (κ3) is 13.2. The van der Waals surface area contributed by atoms with Crippen LogP contribution in [0.1, 0.15) is 121 Å². The maximum absolute atomic E-state index is 14.7. The molecule has 0 aromatic heterocycles. The predicted octanol–water partition coefficient (Wildman–Crippen LogP) is 7.39. The van der Waals surface area contributed by atoms with Crippen molar-refractivity contribution < 1.29 is 48.3 Å². The smallest absolute Gasteiger partial charge is 0.316 e. The first-order valence-electron chi connectivity index (χ1n) is 22.4. The highest BCUT2D eigenvalue weighted by atomic mass is 16.7. The number of Topliss-reactive ketones (excluding diaryl/α,β-unsaturated/α-hetero) is 1. The third-order valence-electron chi connectivity index (χ3n) is 13.0. The van der Waals surface area contributed by atoms with Gasteiger partial charge in [0.15, 0.2) is 12.1 Å². The number of fused-ring (bicyclic) bond motifs is 5. The molecule has 3 aliphatic rings. The molecule has 342 valence electrons. The first-order valence-corrected chi connectivity index (χ1v) is 22.4. The average Bonchev–Trinajstić information content (AvgIpc) is 3.19. The number of hydrogen-bond donors (Lipinski definition) is 2. The molecule has 1 aromatic rings. The van der Waals surface area contributed by atoms with E-state index in [4.69, 9.17) is 23.7 Å². The minimum absolute atomic E-state index is 0.0905. The molecule has 2 N–H and O–H groups in total. The quantitative estimate of drug-likeness (QED) is 0.199. The van der Waals surface area contributed by atoms with Crippen molar-refractivity contribution in [3.05, 3.63) is 53.6 Å². The van der Waals surface area contributed by atoms with Crippen LogP contribution in [0.15, 0.2) is 53.0 Å². The number of aliphatic hydroxyl groups is 2. The Kier molecular flexibility index (Phi) is 17.8. The highest BCUT2D eigenvalue weighted by Gasteiger charge is 2.53. The summed E-state index contributed by atoms with van der Waals surface area (Å²) in [5.41, 5.74) is -0.584. The van der Waals surface area contributed by atoms with Crippen LogP contribution in [0.2, 0.25) is 0 Å². The maximum atomic E-state index is 14.7. The molecular formula is C49H76N2O10. The van der Waals surface area contributed by atoms with Gasteiger partial charge in [0, 0.05) is 30.5 Å². The summed E-state index contributed by atoms with van der Waals surface area (Å²) in [6, 6.07) is 9.65. The van der Waals surface area contributed by atoms with E-state index in [0.717, 1.165) is 24.1 Å². The van der Waals surface area contributed by atoms with Gasteiger partial charge in [0.1, 0.15) is 23.7 Å². The van der Waals surface area contributed by atoms with Crippen molar-refractivity contribution in [2.24, 2.45) is 34.1 Å². The molecule has 0 unspecified atom stereocenters. The van der Waals surface area contributed by atoms with E-state index < -0.39 is 83.2 Å². The molecule has 13 atom stereocenters. The number of carbonyl (C=O) groups excluding carboxylic acids is 3. The third-order valence-corrected chi connectivity index (χ3v) is 13.0. The highest BCUT2D eigenvalue weighted by Crippen LogP contribution is 2.40. The summed E-state index contributed by atoms with van der Waals surface area (Å²) < 4.78 is 33.1. The number of hydrogen-bond acceptors (Lipinski definition) is 11. The van der Waals surface area contributed by atoms with Crippen molar-refractivity contribution in [2.45, 2.75) is 169 Å². The minimum atomic E-state index is -1.76. The number of ketones is 1. The van der Waals surface area contributed by atoms with Gasteiger partial charge in [-0.1, -0.05) is 97.0 Å². The number of likely N-dealkylation sites (N-methyl/N-ethyl adjacent to an activating group) is 1. The predicted molar refractivity (Wildman–Crippen MR) is 238 cm³/mol. The zero-order valence-corrected chi connectivity index (χ0v) is 39.2. The Morgan fingerprint density at radius 1 is 1.07 bits per heavy atom. The van der Waals surface area contributed by atoms with Gasteiger partial charge in [0.25, 0.3) is 0 Å². The second-order valence-corrected chi connectivity index (χ2v) is 19.6. The molecule has 12 nitrogen and oxygen atoms in total. The van der Waals surface area contributed by atoms with E-state index in [1.165, 1.54) is 13.8 Å². The number of nitrogens with zero attached hydrogens (tertiary/aromatic N) is 2. The lowest BCUT2D eigenvalue weighted by Crippen LogP contribution is -2.61. The molecule has 0 radical (unpaired) electrons. The van der Waals surface area contributed by atoms with Gasteiger partial charge in [-0.3, -0.25) is 14.4 Å². The molecule has 0 saturated carbocycles. The number of aliphatic imine (C=N–C) groups is 1. The van der Waals surface area contributed by atoms with Crippen LogP contribution in [0.5, 0.6) is 0 Å². The SMILES string of the molecule is CC[C@H]1OC(=O)[C@H](C)C(=O)[C@H](C)[C@@H](O[C@@H]2O[C@H](C)C[C@H](N(C)CCC(C)(C)C)[C@H]2O)[C@@]2(C)C[C@@H](C)C(=NC(C)=O)[C@H](C)[C@@H](OCC/C(=C\C=C\c3ccccc3)CO2)[C@]1(C)O. The first-order chi connectivity index (χ1) is 28.5.